The SMILES string of the molecule is CON(C(=O)Cc1ccccc1)C(C)(C)C(C)=O. The lowest BCUT2D eigenvalue weighted by atomic mass is 9.99. The standard InChI is InChI=1S/C14H19NO3/c1-11(16)14(2,3)15(18-4)13(17)10-12-8-6-5-7-9-12/h5-9H,10H2,1-4H3. The highest BCUT2D eigenvalue weighted by Crippen LogP contribution is 2.17. The van der Waals surface area contributed by atoms with Gasteiger partial charge in [-0.15, -0.1) is 0 Å². The first-order valence-electron chi connectivity index (χ1n) is 5.81. The van der Waals surface area contributed by atoms with Crippen LogP contribution >= 0.6 is 0 Å². The van der Waals surface area contributed by atoms with Gasteiger partial charge in [0.2, 0.25) is 0 Å². The van der Waals surface area contributed by atoms with Crippen molar-refractivity contribution in [2.75, 3.05) is 7.11 Å². The molecule has 1 rings (SSSR count). The lowest BCUT2D eigenvalue weighted by Gasteiger charge is -2.34. The predicted octanol–water partition coefficient (Wildman–Crippen LogP) is 1.99. The molecule has 1 amide bonds. The highest BCUT2D eigenvalue weighted by atomic mass is 16.7. The summed E-state index contributed by atoms with van der Waals surface area (Å²) < 4.78 is 0. The van der Waals surface area contributed by atoms with Gasteiger partial charge in [0.25, 0.3) is 5.91 Å². The molecule has 0 saturated heterocycles. The zero-order valence-corrected chi connectivity index (χ0v) is 11.3. The fourth-order valence-corrected chi connectivity index (χ4v) is 1.63. The van der Waals surface area contributed by atoms with Crippen LogP contribution in [0.5, 0.6) is 0 Å². The lowest BCUT2D eigenvalue weighted by molar-refractivity contribution is -0.203. The number of hydrogen-bond acceptors (Lipinski definition) is 3. The molecule has 1 aromatic carbocycles. The van der Waals surface area contributed by atoms with Gasteiger partial charge in [-0.1, -0.05) is 30.3 Å². The summed E-state index contributed by atoms with van der Waals surface area (Å²) in [5.41, 5.74) is -0.0652. The van der Waals surface area contributed by atoms with Crippen LogP contribution < -0.4 is 0 Å². The molecule has 0 bridgehead atoms. The van der Waals surface area contributed by atoms with Crippen molar-refractivity contribution in [3.05, 3.63) is 35.9 Å². The van der Waals surface area contributed by atoms with Gasteiger partial charge in [-0.25, -0.2) is 5.06 Å². The van der Waals surface area contributed by atoms with Gasteiger partial charge in [0, 0.05) is 0 Å². The number of rotatable bonds is 5. The van der Waals surface area contributed by atoms with Crippen molar-refractivity contribution in [1.82, 2.24) is 5.06 Å². The Balaban J connectivity index is 2.84. The molecule has 0 N–H and O–H groups in total. The van der Waals surface area contributed by atoms with Gasteiger partial charge in [-0.05, 0) is 26.3 Å². The average Bonchev–Trinajstić information content (AvgIpc) is 2.30. The number of hydroxylamine groups is 2. The fourth-order valence-electron chi connectivity index (χ4n) is 1.63. The summed E-state index contributed by atoms with van der Waals surface area (Å²) in [6.07, 6.45) is 0.214. The largest absolute Gasteiger partial charge is 0.297 e. The summed E-state index contributed by atoms with van der Waals surface area (Å²) in [6, 6.07) is 9.37. The highest BCUT2D eigenvalue weighted by Gasteiger charge is 2.35. The van der Waals surface area contributed by atoms with Crippen LogP contribution in [0.15, 0.2) is 30.3 Å². The molecule has 4 heteroatoms. The molecule has 0 fully saturated rings. The number of amides is 1. The number of ketones is 1. The van der Waals surface area contributed by atoms with E-state index >= 15 is 0 Å². The molecule has 1 aromatic rings. The minimum atomic E-state index is -0.958. The summed E-state index contributed by atoms with van der Waals surface area (Å²) in [5.74, 6) is -0.352. The topological polar surface area (TPSA) is 46.6 Å². The maximum atomic E-state index is 12.1. The zero-order chi connectivity index (χ0) is 13.8. The quantitative estimate of drug-likeness (QED) is 0.750. The van der Waals surface area contributed by atoms with Crippen molar-refractivity contribution >= 4 is 11.7 Å². The van der Waals surface area contributed by atoms with E-state index in [4.69, 9.17) is 4.84 Å². The van der Waals surface area contributed by atoms with E-state index in [2.05, 4.69) is 0 Å². The van der Waals surface area contributed by atoms with Crippen molar-refractivity contribution in [1.29, 1.82) is 0 Å². The van der Waals surface area contributed by atoms with Crippen molar-refractivity contribution in [2.45, 2.75) is 32.7 Å². The van der Waals surface area contributed by atoms with E-state index in [-0.39, 0.29) is 18.1 Å². The van der Waals surface area contributed by atoms with Gasteiger partial charge in [0.05, 0.1) is 13.5 Å². The van der Waals surface area contributed by atoms with Gasteiger partial charge in [-0.2, -0.15) is 0 Å². The van der Waals surface area contributed by atoms with E-state index in [1.54, 1.807) is 13.8 Å². The summed E-state index contributed by atoms with van der Waals surface area (Å²) >= 11 is 0. The minimum absolute atomic E-state index is 0.120. The lowest BCUT2D eigenvalue weighted by Crippen LogP contribution is -2.52. The second-order valence-corrected chi connectivity index (χ2v) is 4.65. The molecule has 0 aliphatic rings. The maximum absolute atomic E-state index is 12.1. The van der Waals surface area contributed by atoms with Crippen molar-refractivity contribution < 1.29 is 14.4 Å². The molecule has 98 valence electrons. The number of nitrogens with zero attached hydrogens (tertiary/aromatic N) is 1. The molecule has 0 unspecified atom stereocenters. The van der Waals surface area contributed by atoms with Crippen LogP contribution in [0.25, 0.3) is 0 Å². The third kappa shape index (κ3) is 3.17. The van der Waals surface area contributed by atoms with Crippen LogP contribution in [0.1, 0.15) is 26.3 Å². The monoisotopic (exact) mass is 249 g/mol. The fraction of sp³-hybridized carbons (Fsp3) is 0.429. The van der Waals surface area contributed by atoms with Crippen molar-refractivity contribution in [3.8, 4) is 0 Å². The smallest absolute Gasteiger partial charge is 0.251 e. The number of carbonyl (C=O) groups is 2. The molecule has 0 atom stereocenters. The van der Waals surface area contributed by atoms with Crippen LogP contribution in [0.2, 0.25) is 0 Å². The average molecular weight is 249 g/mol. The zero-order valence-electron chi connectivity index (χ0n) is 11.3. The predicted molar refractivity (Wildman–Crippen MR) is 68.8 cm³/mol. The molecule has 0 aliphatic heterocycles. The number of hydrogen-bond donors (Lipinski definition) is 0. The Hall–Kier alpha value is -1.68. The van der Waals surface area contributed by atoms with Crippen LogP contribution in [-0.2, 0) is 20.8 Å². The van der Waals surface area contributed by atoms with E-state index in [0.29, 0.717) is 0 Å². The second-order valence-electron chi connectivity index (χ2n) is 4.65. The molecular formula is C14H19NO3. The highest BCUT2D eigenvalue weighted by molar-refractivity contribution is 5.90. The van der Waals surface area contributed by atoms with E-state index in [1.165, 1.54) is 14.0 Å². The molecule has 0 radical (unpaired) electrons. The van der Waals surface area contributed by atoms with Crippen LogP contribution in [0, 0.1) is 0 Å². The summed E-state index contributed by atoms with van der Waals surface area (Å²) in [6.45, 7) is 4.78. The van der Waals surface area contributed by atoms with Gasteiger partial charge in [0.15, 0.2) is 5.78 Å². The third-order valence-electron chi connectivity index (χ3n) is 2.98. The molecule has 0 saturated carbocycles. The van der Waals surface area contributed by atoms with Gasteiger partial charge in [-0.3, -0.25) is 14.4 Å². The third-order valence-corrected chi connectivity index (χ3v) is 2.98. The Morgan fingerprint density at radius 2 is 1.78 bits per heavy atom. The summed E-state index contributed by atoms with van der Waals surface area (Å²) in [5, 5.41) is 1.14. The first-order valence-corrected chi connectivity index (χ1v) is 5.81. The van der Waals surface area contributed by atoms with Gasteiger partial charge >= 0.3 is 0 Å². The Labute approximate surface area is 108 Å². The van der Waals surface area contributed by atoms with Gasteiger partial charge < -0.3 is 0 Å². The Bertz CT molecular complexity index is 426. The van der Waals surface area contributed by atoms with E-state index in [9.17, 15) is 9.59 Å². The molecule has 4 nitrogen and oxygen atoms in total. The number of Topliss-reactive ketones (excluding diaryl/α,β-unsaturated/α-hetero) is 1. The van der Waals surface area contributed by atoms with E-state index in [0.717, 1.165) is 10.6 Å². The number of benzene rings is 1. The van der Waals surface area contributed by atoms with Crippen molar-refractivity contribution in [3.63, 3.8) is 0 Å². The number of carbonyl (C=O) groups excluding carboxylic acids is 2. The molecular weight excluding hydrogens is 230 g/mol. The molecule has 18 heavy (non-hydrogen) atoms. The maximum Gasteiger partial charge on any atom is 0.251 e. The van der Waals surface area contributed by atoms with E-state index in [1.807, 2.05) is 30.3 Å². The Morgan fingerprint density at radius 1 is 1.22 bits per heavy atom. The molecule has 0 aliphatic carbocycles. The molecule has 0 heterocycles. The van der Waals surface area contributed by atoms with Crippen LogP contribution in [0.3, 0.4) is 0 Å². The first-order chi connectivity index (χ1) is 8.39. The van der Waals surface area contributed by atoms with E-state index < -0.39 is 5.54 Å². The van der Waals surface area contributed by atoms with Gasteiger partial charge in [0.1, 0.15) is 5.54 Å². The molecule has 0 spiro atoms. The minimum Gasteiger partial charge on any atom is -0.297 e. The Kier molecular flexibility index (Phi) is 4.62. The first kappa shape index (κ1) is 14.4. The van der Waals surface area contributed by atoms with Crippen LogP contribution in [0.4, 0.5) is 0 Å². The normalized spacial score (nSPS) is 11.1. The Morgan fingerprint density at radius 3 is 2.22 bits per heavy atom. The van der Waals surface area contributed by atoms with Crippen molar-refractivity contribution in [2.24, 2.45) is 0 Å². The summed E-state index contributed by atoms with van der Waals surface area (Å²) in [4.78, 5) is 28.8. The second kappa shape index (κ2) is 5.78. The summed E-state index contributed by atoms with van der Waals surface area (Å²) in [7, 11) is 1.40. The molecule has 0 aromatic heterocycles. The van der Waals surface area contributed by atoms with Crippen LogP contribution in [-0.4, -0.2) is 29.4 Å².